The number of fused-ring (bicyclic) bond motifs is 3. The second-order valence-corrected chi connectivity index (χ2v) is 9.03. The minimum atomic E-state index is -2.99. The molecular weight excluding hydrogens is 458 g/mol. The summed E-state index contributed by atoms with van der Waals surface area (Å²) in [5, 5.41) is 11.5. The van der Waals surface area contributed by atoms with E-state index in [-0.39, 0.29) is 12.5 Å². The second kappa shape index (κ2) is 10.4. The van der Waals surface area contributed by atoms with Gasteiger partial charge in [-0.1, -0.05) is 48.5 Å². The van der Waals surface area contributed by atoms with Crippen molar-refractivity contribution in [3.05, 3.63) is 59.7 Å². The average molecular weight is 487 g/mol. The van der Waals surface area contributed by atoms with Gasteiger partial charge in [-0.15, -0.1) is 0 Å². The summed E-state index contributed by atoms with van der Waals surface area (Å²) in [6.07, 6.45) is -3.75. The van der Waals surface area contributed by atoms with E-state index in [1.165, 1.54) is 4.90 Å². The number of carboxylic acid groups (broad SMARTS) is 1. The van der Waals surface area contributed by atoms with Crippen LogP contribution in [0.5, 0.6) is 0 Å². The highest BCUT2D eigenvalue weighted by Gasteiger charge is 2.37. The monoisotopic (exact) mass is 486 g/mol. The zero-order valence-corrected chi connectivity index (χ0v) is 19.3. The van der Waals surface area contributed by atoms with Crippen LogP contribution in [0.1, 0.15) is 43.2 Å². The SMILES string of the molecule is C[C@H]1[C@@H](C(=O)O)CCCN1C(=O)CC(NC(=O)OCC1c2ccccc2-c2ccccc21)C(F)F. The van der Waals surface area contributed by atoms with Crippen LogP contribution < -0.4 is 5.32 Å². The molecule has 1 fully saturated rings. The van der Waals surface area contributed by atoms with E-state index in [1.807, 2.05) is 48.5 Å². The molecule has 1 heterocycles. The Balaban J connectivity index is 1.38. The van der Waals surface area contributed by atoms with Gasteiger partial charge in [-0.3, -0.25) is 9.59 Å². The maximum absolute atomic E-state index is 13.7. The van der Waals surface area contributed by atoms with Crippen LogP contribution in [0.25, 0.3) is 11.1 Å². The van der Waals surface area contributed by atoms with Crippen molar-refractivity contribution in [1.82, 2.24) is 10.2 Å². The Morgan fingerprint density at radius 1 is 1.09 bits per heavy atom. The van der Waals surface area contributed by atoms with Gasteiger partial charge >= 0.3 is 12.1 Å². The van der Waals surface area contributed by atoms with Crippen LogP contribution in [0.3, 0.4) is 0 Å². The fraction of sp³-hybridized carbons (Fsp3) is 0.423. The molecule has 0 spiro atoms. The first-order valence-corrected chi connectivity index (χ1v) is 11.7. The Bertz CT molecular complexity index is 1060. The predicted octanol–water partition coefficient (Wildman–Crippen LogP) is 4.26. The molecule has 2 amide bonds. The fourth-order valence-corrected chi connectivity index (χ4v) is 5.13. The highest BCUT2D eigenvalue weighted by Crippen LogP contribution is 2.44. The van der Waals surface area contributed by atoms with E-state index in [0.29, 0.717) is 19.4 Å². The molecule has 1 saturated heterocycles. The summed E-state index contributed by atoms with van der Waals surface area (Å²) < 4.78 is 32.7. The predicted molar refractivity (Wildman–Crippen MR) is 124 cm³/mol. The van der Waals surface area contributed by atoms with Gasteiger partial charge in [-0.25, -0.2) is 13.6 Å². The molecule has 0 saturated carbocycles. The molecule has 2 aromatic carbocycles. The first kappa shape index (κ1) is 24.6. The molecule has 35 heavy (non-hydrogen) atoms. The fourth-order valence-electron chi connectivity index (χ4n) is 5.13. The van der Waals surface area contributed by atoms with Crippen molar-refractivity contribution in [3.8, 4) is 11.1 Å². The van der Waals surface area contributed by atoms with Crippen molar-refractivity contribution in [2.45, 2.75) is 50.6 Å². The summed E-state index contributed by atoms with van der Waals surface area (Å²) in [6, 6.07) is 13.2. The number of rotatable bonds is 7. The number of halogens is 2. The molecule has 0 aromatic heterocycles. The molecule has 2 aromatic rings. The third-order valence-electron chi connectivity index (χ3n) is 6.97. The van der Waals surface area contributed by atoms with Crippen molar-refractivity contribution in [1.29, 1.82) is 0 Å². The first-order valence-electron chi connectivity index (χ1n) is 11.7. The number of carbonyl (C=O) groups is 3. The zero-order valence-electron chi connectivity index (χ0n) is 19.3. The number of alkyl carbamates (subject to hydrolysis) is 1. The van der Waals surface area contributed by atoms with Crippen molar-refractivity contribution in [2.75, 3.05) is 13.2 Å². The molecule has 0 bridgehead atoms. The number of benzene rings is 2. The van der Waals surface area contributed by atoms with Crippen LogP contribution in [-0.2, 0) is 14.3 Å². The third-order valence-corrected chi connectivity index (χ3v) is 6.97. The first-order chi connectivity index (χ1) is 16.8. The van der Waals surface area contributed by atoms with E-state index >= 15 is 0 Å². The number of likely N-dealkylation sites (tertiary alicyclic amines) is 1. The van der Waals surface area contributed by atoms with Crippen LogP contribution in [0, 0.1) is 5.92 Å². The Labute approximate surface area is 202 Å². The van der Waals surface area contributed by atoms with Gasteiger partial charge < -0.3 is 20.1 Å². The minimum absolute atomic E-state index is 0.0345. The van der Waals surface area contributed by atoms with Gasteiger partial charge in [0.05, 0.1) is 12.3 Å². The van der Waals surface area contributed by atoms with E-state index in [2.05, 4.69) is 5.32 Å². The normalized spacial score (nSPS) is 20.2. The lowest BCUT2D eigenvalue weighted by atomic mass is 9.90. The Hall–Kier alpha value is -3.49. The van der Waals surface area contributed by atoms with Crippen LogP contribution in [0.2, 0.25) is 0 Å². The largest absolute Gasteiger partial charge is 0.481 e. The lowest BCUT2D eigenvalue weighted by Crippen LogP contribution is -2.51. The topological polar surface area (TPSA) is 95.9 Å². The van der Waals surface area contributed by atoms with Crippen molar-refractivity contribution >= 4 is 18.0 Å². The zero-order chi connectivity index (χ0) is 25.1. The van der Waals surface area contributed by atoms with Crippen LogP contribution in [0.4, 0.5) is 13.6 Å². The molecule has 9 heteroatoms. The number of hydrogen-bond acceptors (Lipinski definition) is 4. The van der Waals surface area contributed by atoms with E-state index < -0.39 is 48.8 Å². The summed E-state index contributed by atoms with van der Waals surface area (Å²) in [6.45, 7) is 1.87. The molecule has 186 valence electrons. The number of alkyl halides is 2. The van der Waals surface area contributed by atoms with E-state index in [4.69, 9.17) is 4.74 Å². The number of aliphatic carboxylic acids is 1. The summed E-state index contributed by atoms with van der Waals surface area (Å²) >= 11 is 0. The van der Waals surface area contributed by atoms with Crippen molar-refractivity contribution in [3.63, 3.8) is 0 Å². The maximum Gasteiger partial charge on any atom is 0.407 e. The summed E-state index contributed by atoms with van der Waals surface area (Å²) in [7, 11) is 0. The number of hydrogen-bond donors (Lipinski definition) is 2. The second-order valence-electron chi connectivity index (χ2n) is 9.03. The van der Waals surface area contributed by atoms with Gasteiger partial charge in [0.1, 0.15) is 12.6 Å². The van der Waals surface area contributed by atoms with Crippen molar-refractivity contribution in [2.24, 2.45) is 5.92 Å². The number of nitrogens with zero attached hydrogens (tertiary/aromatic N) is 1. The molecule has 2 N–H and O–H groups in total. The van der Waals surface area contributed by atoms with Gasteiger partial charge in [0, 0.05) is 18.5 Å². The molecule has 1 unspecified atom stereocenters. The van der Waals surface area contributed by atoms with Gasteiger partial charge in [0.2, 0.25) is 5.91 Å². The molecule has 2 aliphatic rings. The van der Waals surface area contributed by atoms with Gasteiger partial charge in [-0.2, -0.15) is 0 Å². The number of nitrogens with one attached hydrogen (secondary N) is 1. The Morgan fingerprint density at radius 3 is 2.26 bits per heavy atom. The smallest absolute Gasteiger partial charge is 0.407 e. The Morgan fingerprint density at radius 2 is 1.69 bits per heavy atom. The molecule has 0 radical (unpaired) electrons. The lowest BCUT2D eigenvalue weighted by Gasteiger charge is -2.38. The van der Waals surface area contributed by atoms with Crippen LogP contribution >= 0.6 is 0 Å². The molecule has 4 rings (SSSR count). The number of piperidine rings is 1. The third kappa shape index (κ3) is 5.13. The Kier molecular flexibility index (Phi) is 7.33. The van der Waals surface area contributed by atoms with Gasteiger partial charge in [0.25, 0.3) is 6.43 Å². The summed E-state index contributed by atoms with van der Waals surface area (Å²) in [4.78, 5) is 37.9. The van der Waals surface area contributed by atoms with E-state index in [1.54, 1.807) is 6.92 Å². The number of amides is 2. The maximum atomic E-state index is 13.7. The molecule has 1 aliphatic carbocycles. The summed E-state index contributed by atoms with van der Waals surface area (Å²) in [5.41, 5.74) is 4.08. The highest BCUT2D eigenvalue weighted by atomic mass is 19.3. The minimum Gasteiger partial charge on any atom is -0.481 e. The molecular formula is C26H28F2N2O5. The lowest BCUT2D eigenvalue weighted by molar-refractivity contribution is -0.149. The number of ether oxygens (including phenoxy) is 1. The average Bonchev–Trinajstić information content (AvgIpc) is 3.16. The van der Waals surface area contributed by atoms with Gasteiger partial charge in [-0.05, 0) is 42.0 Å². The molecule has 1 aliphatic heterocycles. The highest BCUT2D eigenvalue weighted by molar-refractivity contribution is 5.81. The number of carboxylic acids is 1. The number of carbonyl (C=O) groups excluding carboxylic acids is 2. The van der Waals surface area contributed by atoms with E-state index in [9.17, 15) is 28.3 Å². The molecule has 7 nitrogen and oxygen atoms in total. The summed E-state index contributed by atoms with van der Waals surface area (Å²) in [5.74, 6) is -2.60. The standard InChI is InChI=1S/C26H28F2N2O5/c1-15-16(25(32)33)11-6-12-30(15)23(31)13-22(24(27)28)29-26(34)35-14-21-19-9-4-2-7-17(19)18-8-3-5-10-20(18)21/h2-5,7-10,15-16,21-22,24H,6,11-14H2,1H3,(H,29,34)(H,32,33)/t15-,16-,22?/m0/s1. The molecule has 3 atom stereocenters. The van der Waals surface area contributed by atoms with Gasteiger partial charge in [0.15, 0.2) is 0 Å². The quantitative estimate of drug-likeness (QED) is 0.610. The van der Waals surface area contributed by atoms with E-state index in [0.717, 1.165) is 22.3 Å². The van der Waals surface area contributed by atoms with Crippen LogP contribution in [-0.4, -0.2) is 59.6 Å². The van der Waals surface area contributed by atoms with Crippen LogP contribution in [0.15, 0.2) is 48.5 Å². The van der Waals surface area contributed by atoms with Crippen molar-refractivity contribution < 1.29 is 33.0 Å².